The van der Waals surface area contributed by atoms with Gasteiger partial charge < -0.3 is 15.3 Å². The number of aliphatic carboxylic acids is 1. The molecule has 1 heterocycles. The molecule has 2 fully saturated rings. The Morgan fingerprint density at radius 1 is 1.08 bits per heavy atom. The second kappa shape index (κ2) is 7.89. The number of hydrogen-bond donors (Lipinski definition) is 2. The van der Waals surface area contributed by atoms with Gasteiger partial charge in [-0.25, -0.2) is 0 Å². The molecule has 1 amide bonds. The summed E-state index contributed by atoms with van der Waals surface area (Å²) < 4.78 is 0. The quantitative estimate of drug-likeness (QED) is 0.874. The molecule has 25 heavy (non-hydrogen) atoms. The first kappa shape index (κ1) is 17.8. The largest absolute Gasteiger partial charge is 0.481 e. The molecule has 1 saturated carbocycles. The van der Waals surface area contributed by atoms with Crippen molar-refractivity contribution < 1.29 is 14.7 Å². The Kier molecular flexibility index (Phi) is 5.61. The van der Waals surface area contributed by atoms with Gasteiger partial charge in [0.25, 0.3) is 5.91 Å². The van der Waals surface area contributed by atoms with Crippen molar-refractivity contribution in [3.05, 3.63) is 29.3 Å². The molecule has 0 bridgehead atoms. The average molecular weight is 344 g/mol. The normalized spacial score (nSPS) is 24.0. The third kappa shape index (κ3) is 4.33. The third-order valence-electron chi connectivity index (χ3n) is 5.56. The Labute approximate surface area is 149 Å². The molecule has 136 valence electrons. The number of piperidine rings is 1. The van der Waals surface area contributed by atoms with Gasteiger partial charge in [-0.2, -0.15) is 0 Å². The molecule has 0 atom stereocenters. The third-order valence-corrected chi connectivity index (χ3v) is 5.56. The van der Waals surface area contributed by atoms with Crippen molar-refractivity contribution in [1.29, 1.82) is 0 Å². The maximum Gasteiger partial charge on any atom is 0.306 e. The molecule has 0 spiro atoms. The zero-order valence-corrected chi connectivity index (χ0v) is 15.0. The summed E-state index contributed by atoms with van der Waals surface area (Å²) >= 11 is 0. The van der Waals surface area contributed by atoms with E-state index in [1.807, 2.05) is 30.0 Å². The first-order chi connectivity index (χ1) is 12.0. The van der Waals surface area contributed by atoms with Crippen LogP contribution in [-0.2, 0) is 4.79 Å². The second-order valence-corrected chi connectivity index (χ2v) is 7.41. The summed E-state index contributed by atoms with van der Waals surface area (Å²) in [6.07, 6.45) is 6.56. The molecule has 0 radical (unpaired) electrons. The van der Waals surface area contributed by atoms with Crippen LogP contribution in [0, 0.1) is 12.8 Å². The molecule has 1 aliphatic carbocycles. The summed E-state index contributed by atoms with van der Waals surface area (Å²) in [6.45, 7) is 3.70. The van der Waals surface area contributed by atoms with Crippen LogP contribution in [0.4, 0.5) is 5.69 Å². The van der Waals surface area contributed by atoms with E-state index in [0.717, 1.165) is 68.4 Å². The maximum atomic E-state index is 12.8. The number of nitrogens with zero attached hydrogens (tertiary/aromatic N) is 1. The van der Waals surface area contributed by atoms with Crippen LogP contribution in [0.3, 0.4) is 0 Å². The molecule has 1 saturated heterocycles. The molecule has 5 nitrogen and oxygen atoms in total. The van der Waals surface area contributed by atoms with E-state index in [4.69, 9.17) is 5.11 Å². The Bertz CT molecular complexity index is 630. The van der Waals surface area contributed by atoms with Crippen molar-refractivity contribution in [2.45, 2.75) is 57.9 Å². The predicted molar refractivity (Wildman–Crippen MR) is 97.9 cm³/mol. The van der Waals surface area contributed by atoms with E-state index in [1.165, 1.54) is 6.42 Å². The molecule has 1 aromatic carbocycles. The number of carbonyl (C=O) groups excluding carboxylic acids is 1. The molecule has 0 unspecified atom stereocenters. The van der Waals surface area contributed by atoms with Crippen molar-refractivity contribution in [2.75, 3.05) is 18.4 Å². The molecule has 3 rings (SSSR count). The number of carboxylic acids is 1. The van der Waals surface area contributed by atoms with Crippen molar-refractivity contribution in [1.82, 2.24) is 4.90 Å². The fourth-order valence-electron chi connectivity index (χ4n) is 3.93. The van der Waals surface area contributed by atoms with Crippen LogP contribution in [0.1, 0.15) is 60.9 Å². The molecule has 2 N–H and O–H groups in total. The van der Waals surface area contributed by atoms with Crippen LogP contribution in [0.5, 0.6) is 0 Å². The standard InChI is InChI=1S/C20H28N2O3/c1-14-5-8-17(21-16-9-6-15(7-10-16)20(24)25)13-18(14)19(23)22-11-3-2-4-12-22/h5,8,13,15-16,21H,2-4,6-7,9-12H2,1H3,(H,24,25). The van der Waals surface area contributed by atoms with E-state index in [-0.39, 0.29) is 17.9 Å². The first-order valence-electron chi connectivity index (χ1n) is 9.44. The average Bonchev–Trinajstić information content (AvgIpc) is 2.64. The number of hydrogen-bond acceptors (Lipinski definition) is 3. The summed E-state index contributed by atoms with van der Waals surface area (Å²) in [5, 5.41) is 12.6. The Hall–Kier alpha value is -2.04. The van der Waals surface area contributed by atoms with Gasteiger partial charge in [0.15, 0.2) is 0 Å². The van der Waals surface area contributed by atoms with Gasteiger partial charge >= 0.3 is 5.97 Å². The van der Waals surface area contributed by atoms with Gasteiger partial charge in [0.05, 0.1) is 5.92 Å². The summed E-state index contributed by atoms with van der Waals surface area (Å²) in [6, 6.07) is 6.28. The monoisotopic (exact) mass is 344 g/mol. The molecule has 0 aromatic heterocycles. The van der Waals surface area contributed by atoms with E-state index >= 15 is 0 Å². The lowest BCUT2D eigenvalue weighted by Gasteiger charge is -2.29. The fourth-order valence-corrected chi connectivity index (χ4v) is 3.93. The van der Waals surface area contributed by atoms with E-state index in [9.17, 15) is 9.59 Å². The highest BCUT2D eigenvalue weighted by atomic mass is 16.4. The number of carbonyl (C=O) groups is 2. The number of anilines is 1. The Morgan fingerprint density at radius 2 is 1.76 bits per heavy atom. The number of aryl methyl sites for hydroxylation is 1. The summed E-state index contributed by atoms with van der Waals surface area (Å²) in [5.74, 6) is -0.744. The minimum absolute atomic E-state index is 0.135. The molecular formula is C20H28N2O3. The Balaban J connectivity index is 1.65. The van der Waals surface area contributed by atoms with Crippen molar-refractivity contribution >= 4 is 17.6 Å². The van der Waals surface area contributed by atoms with Crippen molar-refractivity contribution in [3.8, 4) is 0 Å². The fraction of sp³-hybridized carbons (Fsp3) is 0.600. The number of nitrogens with one attached hydrogen (secondary N) is 1. The van der Waals surface area contributed by atoms with Gasteiger partial charge in [0, 0.05) is 30.4 Å². The molecule has 2 aliphatic rings. The van der Waals surface area contributed by atoms with Gasteiger partial charge in [-0.1, -0.05) is 6.07 Å². The summed E-state index contributed by atoms with van der Waals surface area (Å²) in [4.78, 5) is 25.8. The lowest BCUT2D eigenvalue weighted by atomic mass is 9.86. The number of rotatable bonds is 4. The smallest absolute Gasteiger partial charge is 0.306 e. The predicted octanol–water partition coefficient (Wildman–Crippen LogP) is 3.68. The topological polar surface area (TPSA) is 69.6 Å². The highest BCUT2D eigenvalue weighted by Gasteiger charge is 2.26. The van der Waals surface area contributed by atoms with Crippen LogP contribution in [0.25, 0.3) is 0 Å². The highest BCUT2D eigenvalue weighted by Crippen LogP contribution is 2.28. The highest BCUT2D eigenvalue weighted by molar-refractivity contribution is 5.96. The molecule has 1 aromatic rings. The Morgan fingerprint density at radius 3 is 2.40 bits per heavy atom. The van der Waals surface area contributed by atoms with Crippen molar-refractivity contribution in [2.24, 2.45) is 5.92 Å². The van der Waals surface area contributed by atoms with Gasteiger partial charge in [0.1, 0.15) is 0 Å². The molecule has 5 heteroatoms. The van der Waals surface area contributed by atoms with E-state index < -0.39 is 5.97 Å². The zero-order chi connectivity index (χ0) is 17.8. The van der Waals surface area contributed by atoms with Gasteiger partial charge in [-0.15, -0.1) is 0 Å². The van der Waals surface area contributed by atoms with Crippen LogP contribution in [0.15, 0.2) is 18.2 Å². The number of carboxylic acid groups (broad SMARTS) is 1. The lowest BCUT2D eigenvalue weighted by Crippen LogP contribution is -2.36. The van der Waals surface area contributed by atoms with Gasteiger partial charge in [-0.05, 0) is 69.6 Å². The van der Waals surface area contributed by atoms with E-state index in [2.05, 4.69) is 5.32 Å². The van der Waals surface area contributed by atoms with Crippen LogP contribution in [0.2, 0.25) is 0 Å². The van der Waals surface area contributed by atoms with Gasteiger partial charge in [-0.3, -0.25) is 9.59 Å². The minimum Gasteiger partial charge on any atom is -0.481 e. The zero-order valence-electron chi connectivity index (χ0n) is 15.0. The van der Waals surface area contributed by atoms with Crippen LogP contribution >= 0.6 is 0 Å². The number of benzene rings is 1. The first-order valence-corrected chi connectivity index (χ1v) is 9.44. The summed E-state index contributed by atoms with van der Waals surface area (Å²) in [7, 11) is 0. The van der Waals surface area contributed by atoms with Crippen molar-refractivity contribution in [3.63, 3.8) is 0 Å². The summed E-state index contributed by atoms with van der Waals surface area (Å²) in [5.41, 5.74) is 2.76. The van der Waals surface area contributed by atoms with E-state index in [0.29, 0.717) is 0 Å². The number of amides is 1. The van der Waals surface area contributed by atoms with Crippen LogP contribution in [-0.4, -0.2) is 41.0 Å². The molecular weight excluding hydrogens is 316 g/mol. The maximum absolute atomic E-state index is 12.8. The van der Waals surface area contributed by atoms with Crippen LogP contribution < -0.4 is 5.32 Å². The minimum atomic E-state index is -0.678. The van der Waals surface area contributed by atoms with Gasteiger partial charge in [0.2, 0.25) is 0 Å². The molecule has 1 aliphatic heterocycles. The SMILES string of the molecule is Cc1ccc(NC2CCC(C(=O)O)CC2)cc1C(=O)N1CCCCC1. The lowest BCUT2D eigenvalue weighted by molar-refractivity contribution is -0.142. The number of likely N-dealkylation sites (tertiary alicyclic amines) is 1. The van der Waals surface area contributed by atoms with E-state index in [1.54, 1.807) is 0 Å². The second-order valence-electron chi connectivity index (χ2n) is 7.41.